The fourth-order valence-electron chi connectivity index (χ4n) is 1.79. The maximum absolute atomic E-state index is 12.1. The van der Waals surface area contributed by atoms with E-state index in [1.165, 1.54) is 11.3 Å². The van der Waals surface area contributed by atoms with E-state index in [2.05, 4.69) is 10.0 Å². The molecule has 0 aromatic carbocycles. The predicted molar refractivity (Wildman–Crippen MR) is 78.0 cm³/mol. The van der Waals surface area contributed by atoms with Crippen molar-refractivity contribution >= 4 is 33.1 Å². The molecule has 2 N–H and O–H groups in total. The van der Waals surface area contributed by atoms with Gasteiger partial charge < -0.3 is 5.32 Å². The lowest BCUT2D eigenvalue weighted by Crippen LogP contribution is -2.34. The zero-order chi connectivity index (χ0) is 13.0. The lowest BCUT2D eigenvalue weighted by molar-refractivity contribution is 0.565. The summed E-state index contributed by atoms with van der Waals surface area (Å²) in [7, 11) is -1.42. The van der Waals surface area contributed by atoms with Gasteiger partial charge in [0.25, 0.3) is 0 Å². The highest BCUT2D eigenvalue weighted by atomic mass is 32.2. The first kappa shape index (κ1) is 14.3. The molecule has 102 valence electrons. The van der Waals surface area contributed by atoms with E-state index in [0.29, 0.717) is 4.21 Å². The molecule has 0 amide bonds. The standard InChI is InChI=1S/C11H18N2O2S3/c1-12-6-4-10-2-3-11(17-10)18(14,15)13-9-5-7-16-8-9/h2-3,9,12-13H,4-8H2,1H3. The van der Waals surface area contributed by atoms with Gasteiger partial charge in [-0.3, -0.25) is 0 Å². The monoisotopic (exact) mass is 306 g/mol. The lowest BCUT2D eigenvalue weighted by Gasteiger charge is -2.10. The van der Waals surface area contributed by atoms with Gasteiger partial charge in [-0.05, 0) is 44.3 Å². The largest absolute Gasteiger partial charge is 0.319 e. The van der Waals surface area contributed by atoms with E-state index in [4.69, 9.17) is 0 Å². The molecule has 1 saturated heterocycles. The first-order valence-corrected chi connectivity index (χ1v) is 9.40. The number of hydrogen-bond donors (Lipinski definition) is 2. The Balaban J connectivity index is 2.02. The molecule has 7 heteroatoms. The second-order valence-corrected chi connectivity index (χ2v) is 8.52. The highest BCUT2D eigenvalue weighted by Crippen LogP contribution is 2.24. The number of sulfonamides is 1. The number of thioether (sulfide) groups is 1. The molecule has 1 atom stereocenters. The summed E-state index contributed by atoms with van der Waals surface area (Å²) in [6, 6.07) is 3.71. The van der Waals surface area contributed by atoms with Crippen molar-refractivity contribution in [1.82, 2.24) is 10.0 Å². The van der Waals surface area contributed by atoms with Gasteiger partial charge in [0.15, 0.2) is 0 Å². The van der Waals surface area contributed by atoms with Gasteiger partial charge in [0.2, 0.25) is 10.0 Å². The van der Waals surface area contributed by atoms with Crippen LogP contribution in [-0.2, 0) is 16.4 Å². The van der Waals surface area contributed by atoms with Crippen LogP contribution in [0.5, 0.6) is 0 Å². The minimum atomic E-state index is -3.31. The number of hydrogen-bond acceptors (Lipinski definition) is 5. The van der Waals surface area contributed by atoms with Gasteiger partial charge in [0.1, 0.15) is 4.21 Å². The molecule has 4 nitrogen and oxygen atoms in total. The molecule has 0 spiro atoms. The summed E-state index contributed by atoms with van der Waals surface area (Å²) in [5.74, 6) is 1.93. The van der Waals surface area contributed by atoms with Crippen LogP contribution in [-0.4, -0.2) is 39.6 Å². The zero-order valence-corrected chi connectivity index (χ0v) is 12.8. The van der Waals surface area contributed by atoms with Crippen LogP contribution >= 0.6 is 23.1 Å². The molecule has 1 aliphatic heterocycles. The summed E-state index contributed by atoms with van der Waals surface area (Å²) in [6.45, 7) is 0.868. The average Bonchev–Trinajstić information content (AvgIpc) is 2.96. The maximum Gasteiger partial charge on any atom is 0.250 e. The summed E-state index contributed by atoms with van der Waals surface area (Å²) in [5.41, 5.74) is 0. The SMILES string of the molecule is CNCCc1ccc(S(=O)(=O)NC2CCSC2)s1. The van der Waals surface area contributed by atoms with Crippen LogP contribution in [0.15, 0.2) is 16.3 Å². The van der Waals surface area contributed by atoms with E-state index in [1.807, 2.05) is 13.1 Å². The average molecular weight is 306 g/mol. The topological polar surface area (TPSA) is 58.2 Å². The highest BCUT2D eigenvalue weighted by Gasteiger charge is 2.24. The molecule has 1 aromatic heterocycles. The van der Waals surface area contributed by atoms with Gasteiger partial charge in [-0.1, -0.05) is 0 Å². The van der Waals surface area contributed by atoms with Crippen molar-refractivity contribution in [3.63, 3.8) is 0 Å². The Hall–Kier alpha value is -0.0800. The molecule has 18 heavy (non-hydrogen) atoms. The fourth-order valence-corrected chi connectivity index (χ4v) is 5.69. The van der Waals surface area contributed by atoms with Gasteiger partial charge in [-0.15, -0.1) is 11.3 Å². The van der Waals surface area contributed by atoms with Crippen LogP contribution in [0.2, 0.25) is 0 Å². The van der Waals surface area contributed by atoms with Gasteiger partial charge in [-0.25, -0.2) is 13.1 Å². The number of likely N-dealkylation sites (N-methyl/N-ethyl adjacent to an activating group) is 1. The molecule has 0 aliphatic carbocycles. The summed E-state index contributed by atoms with van der Waals surface area (Å²) in [4.78, 5) is 1.10. The highest BCUT2D eigenvalue weighted by molar-refractivity contribution is 7.99. The van der Waals surface area contributed by atoms with E-state index < -0.39 is 10.0 Å². The minimum absolute atomic E-state index is 0.0999. The molecular formula is C11H18N2O2S3. The third-order valence-corrected chi connectivity index (χ3v) is 7.09. The first-order valence-electron chi connectivity index (χ1n) is 5.95. The predicted octanol–water partition coefficient (Wildman–Crippen LogP) is 1.29. The smallest absolute Gasteiger partial charge is 0.250 e. The van der Waals surface area contributed by atoms with Crippen molar-refractivity contribution < 1.29 is 8.42 Å². The molecule has 1 fully saturated rings. The van der Waals surface area contributed by atoms with Crippen LogP contribution in [0, 0.1) is 0 Å². The van der Waals surface area contributed by atoms with Crippen molar-refractivity contribution in [2.75, 3.05) is 25.1 Å². The van der Waals surface area contributed by atoms with Crippen LogP contribution in [0.1, 0.15) is 11.3 Å². The summed E-state index contributed by atoms with van der Waals surface area (Å²) in [5, 5.41) is 3.06. The van der Waals surface area contributed by atoms with Crippen LogP contribution in [0.25, 0.3) is 0 Å². The second kappa shape index (κ2) is 6.38. The van der Waals surface area contributed by atoms with Crippen molar-refractivity contribution in [2.24, 2.45) is 0 Å². The Morgan fingerprint density at radius 1 is 1.44 bits per heavy atom. The van der Waals surface area contributed by atoms with Gasteiger partial charge in [0.05, 0.1) is 0 Å². The molecule has 1 aliphatic rings. The van der Waals surface area contributed by atoms with Crippen LogP contribution < -0.4 is 10.0 Å². The lowest BCUT2D eigenvalue weighted by atomic mass is 10.3. The van der Waals surface area contributed by atoms with E-state index >= 15 is 0 Å². The van der Waals surface area contributed by atoms with Crippen molar-refractivity contribution in [3.8, 4) is 0 Å². The molecule has 0 radical (unpaired) electrons. The first-order chi connectivity index (χ1) is 8.62. The Morgan fingerprint density at radius 2 is 2.28 bits per heavy atom. The van der Waals surface area contributed by atoms with Crippen molar-refractivity contribution in [1.29, 1.82) is 0 Å². The summed E-state index contributed by atoms with van der Waals surface area (Å²) in [6.07, 6.45) is 1.80. The third kappa shape index (κ3) is 3.71. The maximum atomic E-state index is 12.1. The van der Waals surface area contributed by atoms with Gasteiger partial charge in [-0.2, -0.15) is 11.8 Å². The van der Waals surface area contributed by atoms with Gasteiger partial charge >= 0.3 is 0 Å². The Bertz CT molecular complexity index is 478. The summed E-state index contributed by atoms with van der Waals surface area (Å²) >= 11 is 3.17. The van der Waals surface area contributed by atoms with Crippen LogP contribution in [0.4, 0.5) is 0 Å². The molecule has 0 bridgehead atoms. The molecular weight excluding hydrogens is 288 g/mol. The number of rotatable bonds is 6. The molecule has 1 aromatic rings. The van der Waals surface area contributed by atoms with E-state index in [0.717, 1.165) is 35.8 Å². The normalized spacial score (nSPS) is 20.4. The quantitative estimate of drug-likeness (QED) is 0.831. The second-order valence-electron chi connectivity index (χ2n) is 4.26. The fraction of sp³-hybridized carbons (Fsp3) is 0.636. The zero-order valence-electron chi connectivity index (χ0n) is 10.3. The Morgan fingerprint density at radius 3 is 2.94 bits per heavy atom. The number of nitrogens with one attached hydrogen (secondary N) is 2. The van der Waals surface area contributed by atoms with E-state index in [9.17, 15) is 8.42 Å². The Labute approximate surface area is 117 Å². The minimum Gasteiger partial charge on any atom is -0.319 e. The Kier molecular flexibility index (Phi) is 5.08. The van der Waals surface area contributed by atoms with E-state index in [-0.39, 0.29) is 6.04 Å². The third-order valence-electron chi connectivity index (χ3n) is 2.77. The van der Waals surface area contributed by atoms with Crippen molar-refractivity contribution in [2.45, 2.75) is 23.1 Å². The molecule has 2 rings (SSSR count). The van der Waals surface area contributed by atoms with Crippen molar-refractivity contribution in [3.05, 3.63) is 17.0 Å². The van der Waals surface area contributed by atoms with E-state index in [1.54, 1.807) is 17.8 Å². The van der Waals surface area contributed by atoms with Gasteiger partial charge in [0, 0.05) is 16.7 Å². The molecule has 2 heterocycles. The number of thiophene rings is 1. The molecule has 0 saturated carbocycles. The summed E-state index contributed by atoms with van der Waals surface area (Å²) < 4.78 is 27.5. The van der Waals surface area contributed by atoms with Crippen LogP contribution in [0.3, 0.4) is 0 Å². The molecule has 1 unspecified atom stereocenters.